The number of aryl methyl sites for hydroxylation is 1. The number of carbonyl (C=O) groups is 3. The van der Waals surface area contributed by atoms with Gasteiger partial charge >= 0.3 is 5.97 Å². The number of anilines is 1. The lowest BCUT2D eigenvalue weighted by molar-refractivity contribution is -0.156. The van der Waals surface area contributed by atoms with E-state index in [0.717, 1.165) is 5.56 Å². The lowest BCUT2D eigenvalue weighted by atomic mass is 10.1. The Bertz CT molecular complexity index is 1200. The van der Waals surface area contributed by atoms with Gasteiger partial charge in [0.05, 0.1) is 7.11 Å². The summed E-state index contributed by atoms with van der Waals surface area (Å²) in [7, 11) is 1.43. The second-order valence-electron chi connectivity index (χ2n) is 7.44. The Morgan fingerprint density at radius 1 is 0.971 bits per heavy atom. The molecule has 0 heterocycles. The van der Waals surface area contributed by atoms with Crippen LogP contribution in [0, 0.1) is 6.92 Å². The van der Waals surface area contributed by atoms with Crippen molar-refractivity contribution in [3.05, 3.63) is 88.4 Å². The van der Waals surface area contributed by atoms with E-state index >= 15 is 0 Å². The molecule has 34 heavy (non-hydrogen) atoms. The van der Waals surface area contributed by atoms with Crippen molar-refractivity contribution in [3.8, 4) is 11.5 Å². The number of ether oxygens (including phenoxy) is 3. The van der Waals surface area contributed by atoms with E-state index in [4.69, 9.17) is 25.8 Å². The molecule has 1 N–H and O–H groups in total. The highest BCUT2D eigenvalue weighted by atomic mass is 35.5. The molecule has 3 rings (SSSR count). The molecule has 1 amide bonds. The van der Waals surface area contributed by atoms with Gasteiger partial charge in [-0.1, -0.05) is 48.0 Å². The van der Waals surface area contributed by atoms with Gasteiger partial charge in [-0.15, -0.1) is 0 Å². The summed E-state index contributed by atoms with van der Waals surface area (Å²) in [5.41, 5.74) is 2.29. The Kier molecular flexibility index (Phi) is 8.27. The monoisotopic (exact) mass is 481 g/mol. The van der Waals surface area contributed by atoms with Gasteiger partial charge in [0.15, 0.2) is 23.9 Å². The maximum Gasteiger partial charge on any atom is 0.345 e. The number of halogens is 1. The zero-order valence-electron chi connectivity index (χ0n) is 19.0. The minimum atomic E-state index is -1.21. The molecule has 176 valence electrons. The van der Waals surface area contributed by atoms with E-state index in [2.05, 4.69) is 5.32 Å². The number of carbonyl (C=O) groups excluding carboxylic acids is 3. The second-order valence-corrected chi connectivity index (χ2v) is 7.85. The zero-order valence-corrected chi connectivity index (χ0v) is 19.7. The highest BCUT2D eigenvalue weighted by Crippen LogP contribution is 2.29. The Morgan fingerprint density at radius 2 is 1.71 bits per heavy atom. The summed E-state index contributed by atoms with van der Waals surface area (Å²) in [6.07, 6.45) is -1.21. The number of methoxy groups -OCH3 is 1. The number of benzene rings is 3. The molecule has 8 heteroatoms. The molecule has 0 aliphatic carbocycles. The predicted octanol–water partition coefficient (Wildman–Crippen LogP) is 5.16. The van der Waals surface area contributed by atoms with E-state index in [0.29, 0.717) is 27.6 Å². The summed E-state index contributed by atoms with van der Waals surface area (Å²) in [6, 6.07) is 18.4. The fourth-order valence-electron chi connectivity index (χ4n) is 3.09. The van der Waals surface area contributed by atoms with Crippen LogP contribution < -0.4 is 14.8 Å². The summed E-state index contributed by atoms with van der Waals surface area (Å²) < 4.78 is 16.2. The SMILES string of the molecule is COc1cc(C(C)=O)ccc1OCC(=O)OC(C(=O)Nc1ccc(C)c(Cl)c1)c1ccccc1. The summed E-state index contributed by atoms with van der Waals surface area (Å²) in [5.74, 6) is -0.865. The number of hydrogen-bond acceptors (Lipinski definition) is 6. The van der Waals surface area contributed by atoms with Gasteiger partial charge < -0.3 is 19.5 Å². The van der Waals surface area contributed by atoms with Crippen LogP contribution in [0.4, 0.5) is 5.69 Å². The highest BCUT2D eigenvalue weighted by molar-refractivity contribution is 6.31. The fourth-order valence-corrected chi connectivity index (χ4v) is 3.27. The van der Waals surface area contributed by atoms with E-state index in [-0.39, 0.29) is 11.5 Å². The van der Waals surface area contributed by atoms with Crippen LogP contribution in [-0.2, 0) is 14.3 Å². The van der Waals surface area contributed by atoms with Gasteiger partial charge in [0, 0.05) is 21.8 Å². The van der Waals surface area contributed by atoms with E-state index in [9.17, 15) is 14.4 Å². The van der Waals surface area contributed by atoms with E-state index in [1.54, 1.807) is 54.6 Å². The van der Waals surface area contributed by atoms with Crippen LogP contribution in [0.2, 0.25) is 5.02 Å². The average molecular weight is 482 g/mol. The normalized spacial score (nSPS) is 11.3. The quantitative estimate of drug-likeness (QED) is 0.335. The number of amides is 1. The number of Topliss-reactive ketones (excluding diaryl/α,β-unsaturated/α-hetero) is 1. The molecule has 1 atom stereocenters. The first-order valence-corrected chi connectivity index (χ1v) is 10.8. The molecule has 7 nitrogen and oxygen atoms in total. The minimum absolute atomic E-state index is 0.129. The summed E-state index contributed by atoms with van der Waals surface area (Å²) in [4.78, 5) is 37.1. The van der Waals surface area contributed by atoms with Crippen LogP contribution in [0.25, 0.3) is 0 Å². The molecular weight excluding hydrogens is 458 g/mol. The number of esters is 1. The first-order valence-electron chi connectivity index (χ1n) is 10.4. The number of hydrogen-bond donors (Lipinski definition) is 1. The molecule has 0 aliphatic heterocycles. The Morgan fingerprint density at radius 3 is 2.35 bits per heavy atom. The molecule has 3 aromatic rings. The lowest BCUT2D eigenvalue weighted by Crippen LogP contribution is -2.28. The van der Waals surface area contributed by atoms with Crippen molar-refractivity contribution in [3.63, 3.8) is 0 Å². The number of rotatable bonds is 9. The van der Waals surface area contributed by atoms with Gasteiger partial charge in [-0.3, -0.25) is 9.59 Å². The van der Waals surface area contributed by atoms with Crippen molar-refractivity contribution in [1.82, 2.24) is 0 Å². The van der Waals surface area contributed by atoms with Gasteiger partial charge in [0.25, 0.3) is 5.91 Å². The van der Waals surface area contributed by atoms with Crippen molar-refractivity contribution in [1.29, 1.82) is 0 Å². The molecule has 0 spiro atoms. The topological polar surface area (TPSA) is 90.9 Å². The van der Waals surface area contributed by atoms with Gasteiger partial charge in [-0.2, -0.15) is 0 Å². The zero-order chi connectivity index (χ0) is 24.7. The molecule has 3 aromatic carbocycles. The largest absolute Gasteiger partial charge is 0.493 e. The van der Waals surface area contributed by atoms with Crippen LogP contribution >= 0.6 is 11.6 Å². The van der Waals surface area contributed by atoms with Gasteiger partial charge in [-0.05, 0) is 49.7 Å². The lowest BCUT2D eigenvalue weighted by Gasteiger charge is -2.19. The highest BCUT2D eigenvalue weighted by Gasteiger charge is 2.26. The van der Waals surface area contributed by atoms with Crippen LogP contribution in [0.15, 0.2) is 66.7 Å². The van der Waals surface area contributed by atoms with Crippen LogP contribution in [-0.4, -0.2) is 31.4 Å². The summed E-state index contributed by atoms with van der Waals surface area (Å²) in [6.45, 7) is 2.82. The Hall–Kier alpha value is -3.84. The molecule has 1 unspecified atom stereocenters. The summed E-state index contributed by atoms with van der Waals surface area (Å²) in [5, 5.41) is 3.23. The number of ketones is 1. The Labute approximate surface area is 202 Å². The van der Waals surface area contributed by atoms with Crippen molar-refractivity contribution < 1.29 is 28.6 Å². The minimum Gasteiger partial charge on any atom is -0.493 e. The van der Waals surface area contributed by atoms with Crippen molar-refractivity contribution in [2.75, 3.05) is 19.0 Å². The van der Waals surface area contributed by atoms with Crippen molar-refractivity contribution in [2.24, 2.45) is 0 Å². The molecule has 0 radical (unpaired) electrons. The molecule has 0 fully saturated rings. The van der Waals surface area contributed by atoms with Gasteiger partial charge in [0.1, 0.15) is 0 Å². The molecule has 0 saturated carbocycles. The third-order valence-electron chi connectivity index (χ3n) is 4.94. The third-order valence-corrected chi connectivity index (χ3v) is 5.35. The van der Waals surface area contributed by atoms with Crippen LogP contribution in [0.3, 0.4) is 0 Å². The van der Waals surface area contributed by atoms with Crippen molar-refractivity contribution in [2.45, 2.75) is 20.0 Å². The maximum atomic E-state index is 13.0. The first-order chi connectivity index (χ1) is 16.3. The van der Waals surface area contributed by atoms with E-state index in [1.807, 2.05) is 6.92 Å². The molecule has 0 bridgehead atoms. The maximum absolute atomic E-state index is 13.0. The molecule has 0 aliphatic rings. The van der Waals surface area contributed by atoms with Gasteiger partial charge in [0.2, 0.25) is 6.10 Å². The second kappa shape index (κ2) is 11.3. The summed E-state index contributed by atoms with van der Waals surface area (Å²) >= 11 is 6.15. The number of nitrogens with one attached hydrogen (secondary N) is 1. The smallest absolute Gasteiger partial charge is 0.345 e. The van der Waals surface area contributed by atoms with Crippen LogP contribution in [0.5, 0.6) is 11.5 Å². The fraction of sp³-hybridized carbons (Fsp3) is 0.192. The third kappa shape index (κ3) is 6.36. The molecule has 0 aromatic heterocycles. The van der Waals surface area contributed by atoms with Crippen LogP contribution in [0.1, 0.15) is 34.5 Å². The molecular formula is C26H24ClNO6. The molecule has 0 saturated heterocycles. The van der Waals surface area contributed by atoms with Gasteiger partial charge in [-0.25, -0.2) is 4.79 Å². The first kappa shape index (κ1) is 24.8. The Balaban J connectivity index is 1.72. The average Bonchev–Trinajstić information content (AvgIpc) is 2.83. The standard InChI is InChI=1S/C26H24ClNO6/c1-16-9-11-20(14-21(16)27)28-26(31)25(18-7-5-4-6-8-18)34-24(30)15-33-22-12-10-19(17(2)29)13-23(22)32-3/h4-14,25H,15H2,1-3H3,(H,28,31). The van der Waals surface area contributed by atoms with Crippen molar-refractivity contribution >= 4 is 34.9 Å². The van der Waals surface area contributed by atoms with E-state index < -0.39 is 24.6 Å². The van der Waals surface area contributed by atoms with E-state index in [1.165, 1.54) is 26.2 Å². The predicted molar refractivity (Wildman–Crippen MR) is 129 cm³/mol.